The minimum Gasteiger partial charge on any atom is -0.323 e. The molecule has 1 aromatic heterocycles. The van der Waals surface area contributed by atoms with E-state index in [9.17, 15) is 0 Å². The van der Waals surface area contributed by atoms with E-state index in [1.807, 2.05) is 25.1 Å². The van der Waals surface area contributed by atoms with Crippen molar-refractivity contribution in [2.45, 2.75) is 58.4 Å². The molecule has 21 heavy (non-hydrogen) atoms. The topological polar surface area (TPSA) is 17.8 Å². The average Bonchev–Trinajstić information content (AvgIpc) is 2.79. The van der Waals surface area contributed by atoms with Crippen LogP contribution >= 0.6 is 23.2 Å². The van der Waals surface area contributed by atoms with Gasteiger partial charge in [0.1, 0.15) is 5.82 Å². The molecule has 0 spiro atoms. The summed E-state index contributed by atoms with van der Waals surface area (Å²) in [5, 5.41) is 0.625. The maximum absolute atomic E-state index is 6.40. The van der Waals surface area contributed by atoms with Crippen molar-refractivity contribution in [3.8, 4) is 0 Å². The van der Waals surface area contributed by atoms with Crippen molar-refractivity contribution in [1.82, 2.24) is 9.55 Å². The third-order valence-corrected chi connectivity index (χ3v) is 4.39. The van der Waals surface area contributed by atoms with Crippen molar-refractivity contribution in [3.63, 3.8) is 0 Å². The molecular formula is C17H24Cl2N2. The fourth-order valence-electron chi connectivity index (χ4n) is 2.80. The van der Waals surface area contributed by atoms with E-state index in [2.05, 4.69) is 30.3 Å². The van der Waals surface area contributed by atoms with E-state index >= 15 is 0 Å². The van der Waals surface area contributed by atoms with Gasteiger partial charge in [-0.15, -0.1) is 11.6 Å². The molecule has 0 aliphatic rings. The molecule has 116 valence electrons. The Hall–Kier alpha value is -0.730. The van der Waals surface area contributed by atoms with Crippen LogP contribution in [0.5, 0.6) is 0 Å². The van der Waals surface area contributed by atoms with Gasteiger partial charge in [0.2, 0.25) is 0 Å². The number of fused-ring (bicyclic) bond motifs is 1. The van der Waals surface area contributed by atoms with Gasteiger partial charge in [-0.3, -0.25) is 0 Å². The summed E-state index contributed by atoms with van der Waals surface area (Å²) in [4.78, 5) is 4.68. The lowest BCUT2D eigenvalue weighted by Gasteiger charge is -2.19. The van der Waals surface area contributed by atoms with Crippen LogP contribution in [0.2, 0.25) is 5.02 Å². The predicted molar refractivity (Wildman–Crippen MR) is 92.4 cm³/mol. The predicted octanol–water partition coefficient (Wildman–Crippen LogP) is 6.38. The number of imidazole rings is 1. The van der Waals surface area contributed by atoms with Crippen LogP contribution in [-0.4, -0.2) is 9.55 Å². The van der Waals surface area contributed by atoms with Gasteiger partial charge >= 0.3 is 0 Å². The second-order valence-corrected chi connectivity index (χ2v) is 7.30. The van der Waals surface area contributed by atoms with Gasteiger partial charge in [-0.25, -0.2) is 4.98 Å². The minimum absolute atomic E-state index is 0.124. The molecule has 0 radical (unpaired) electrons. The zero-order chi connectivity index (χ0) is 15.6. The fourth-order valence-corrected chi connectivity index (χ4v) is 3.22. The van der Waals surface area contributed by atoms with E-state index in [1.165, 1.54) is 12.8 Å². The van der Waals surface area contributed by atoms with E-state index < -0.39 is 0 Å². The van der Waals surface area contributed by atoms with Gasteiger partial charge in [-0.1, -0.05) is 44.4 Å². The molecule has 2 nitrogen and oxygen atoms in total. The highest BCUT2D eigenvalue weighted by atomic mass is 35.5. The van der Waals surface area contributed by atoms with Crippen LogP contribution in [0, 0.1) is 5.92 Å². The zero-order valence-corrected chi connectivity index (χ0v) is 14.7. The van der Waals surface area contributed by atoms with E-state index in [1.54, 1.807) is 0 Å². The Morgan fingerprint density at radius 2 is 1.86 bits per heavy atom. The molecule has 2 aromatic rings. The molecule has 0 saturated carbocycles. The van der Waals surface area contributed by atoms with Crippen LogP contribution in [0.1, 0.15) is 64.2 Å². The maximum atomic E-state index is 6.40. The number of aromatic nitrogens is 2. The molecule has 1 heterocycles. The summed E-state index contributed by atoms with van der Waals surface area (Å²) in [6.45, 7) is 8.72. The van der Waals surface area contributed by atoms with Gasteiger partial charge < -0.3 is 4.57 Å². The van der Waals surface area contributed by atoms with E-state index in [0.29, 0.717) is 6.04 Å². The molecule has 1 aromatic carbocycles. The SMILES string of the molecule is CC(C)CCCC(C)n1c(C(C)Cl)nc2cccc(Cl)c21. The molecule has 2 atom stereocenters. The van der Waals surface area contributed by atoms with Gasteiger partial charge in [-0.2, -0.15) is 0 Å². The molecule has 2 rings (SSSR count). The lowest BCUT2D eigenvalue weighted by atomic mass is 10.0. The Labute approximate surface area is 137 Å². The van der Waals surface area contributed by atoms with Crippen molar-refractivity contribution >= 4 is 34.2 Å². The van der Waals surface area contributed by atoms with Crippen LogP contribution in [-0.2, 0) is 0 Å². The highest BCUT2D eigenvalue weighted by Gasteiger charge is 2.20. The molecule has 0 saturated heterocycles. The Balaban J connectivity index is 2.38. The number of hydrogen-bond acceptors (Lipinski definition) is 1. The Kier molecular flexibility index (Phi) is 5.56. The van der Waals surface area contributed by atoms with E-state index in [4.69, 9.17) is 23.2 Å². The highest BCUT2D eigenvalue weighted by molar-refractivity contribution is 6.35. The minimum atomic E-state index is -0.124. The van der Waals surface area contributed by atoms with Crippen LogP contribution < -0.4 is 0 Å². The van der Waals surface area contributed by atoms with Gasteiger partial charge in [0.05, 0.1) is 21.4 Å². The quantitative estimate of drug-likeness (QED) is 0.563. The molecule has 0 amide bonds. The summed E-state index contributed by atoms with van der Waals surface area (Å²) in [5.74, 6) is 1.66. The number of rotatable bonds is 6. The van der Waals surface area contributed by atoms with Crippen LogP contribution in [0.15, 0.2) is 18.2 Å². The summed E-state index contributed by atoms with van der Waals surface area (Å²) >= 11 is 12.7. The molecule has 4 heteroatoms. The molecule has 0 aliphatic heterocycles. The number of hydrogen-bond donors (Lipinski definition) is 0. The average molecular weight is 327 g/mol. The number of benzene rings is 1. The molecule has 0 aliphatic carbocycles. The van der Waals surface area contributed by atoms with Crippen LogP contribution in [0.25, 0.3) is 11.0 Å². The first kappa shape index (κ1) is 16.6. The van der Waals surface area contributed by atoms with Gasteiger partial charge in [-0.05, 0) is 38.3 Å². The second-order valence-electron chi connectivity index (χ2n) is 6.24. The highest BCUT2D eigenvalue weighted by Crippen LogP contribution is 2.33. The first-order valence-corrected chi connectivity index (χ1v) is 8.53. The lowest BCUT2D eigenvalue weighted by Crippen LogP contribution is -2.10. The molecule has 0 bridgehead atoms. The second kappa shape index (κ2) is 7.02. The normalized spacial score (nSPS) is 14.8. The van der Waals surface area contributed by atoms with Crippen molar-refractivity contribution in [2.24, 2.45) is 5.92 Å². The summed E-state index contributed by atoms with van der Waals surface area (Å²) in [6, 6.07) is 6.21. The summed E-state index contributed by atoms with van der Waals surface area (Å²) in [6.07, 6.45) is 3.57. The molecule has 0 fully saturated rings. The van der Waals surface area contributed by atoms with Crippen molar-refractivity contribution in [3.05, 3.63) is 29.0 Å². The Morgan fingerprint density at radius 1 is 1.14 bits per heavy atom. The molecular weight excluding hydrogens is 303 g/mol. The third kappa shape index (κ3) is 3.73. The maximum Gasteiger partial charge on any atom is 0.128 e. The summed E-state index contributed by atoms with van der Waals surface area (Å²) < 4.78 is 2.23. The monoisotopic (exact) mass is 326 g/mol. The van der Waals surface area contributed by atoms with E-state index in [0.717, 1.165) is 34.2 Å². The number of halogens is 2. The van der Waals surface area contributed by atoms with Crippen molar-refractivity contribution < 1.29 is 0 Å². The van der Waals surface area contributed by atoms with Gasteiger partial charge in [0.25, 0.3) is 0 Å². The zero-order valence-electron chi connectivity index (χ0n) is 13.2. The number of para-hydroxylation sites is 1. The van der Waals surface area contributed by atoms with Crippen molar-refractivity contribution in [1.29, 1.82) is 0 Å². The first-order chi connectivity index (χ1) is 9.91. The smallest absolute Gasteiger partial charge is 0.128 e. The molecule has 0 N–H and O–H groups in total. The molecule has 2 unspecified atom stereocenters. The largest absolute Gasteiger partial charge is 0.323 e. The van der Waals surface area contributed by atoms with Crippen LogP contribution in [0.3, 0.4) is 0 Å². The van der Waals surface area contributed by atoms with Crippen LogP contribution in [0.4, 0.5) is 0 Å². The summed E-state index contributed by atoms with van der Waals surface area (Å²) in [5.41, 5.74) is 1.94. The number of nitrogens with zero attached hydrogens (tertiary/aromatic N) is 2. The van der Waals surface area contributed by atoms with Crippen molar-refractivity contribution in [2.75, 3.05) is 0 Å². The lowest BCUT2D eigenvalue weighted by molar-refractivity contribution is 0.444. The first-order valence-electron chi connectivity index (χ1n) is 7.72. The standard InChI is InChI=1S/C17H24Cl2N2/c1-11(2)7-5-8-12(3)21-16-14(19)9-6-10-15(16)20-17(21)13(4)18/h6,9-13H,5,7-8H2,1-4H3. The third-order valence-electron chi connectivity index (χ3n) is 3.89. The van der Waals surface area contributed by atoms with Gasteiger partial charge in [0, 0.05) is 6.04 Å². The van der Waals surface area contributed by atoms with E-state index in [-0.39, 0.29) is 5.38 Å². The Bertz CT molecular complexity index is 602. The fraction of sp³-hybridized carbons (Fsp3) is 0.588. The Morgan fingerprint density at radius 3 is 2.48 bits per heavy atom. The number of alkyl halides is 1. The van der Waals surface area contributed by atoms with Gasteiger partial charge in [0.15, 0.2) is 0 Å². The summed E-state index contributed by atoms with van der Waals surface area (Å²) in [7, 11) is 0.